The van der Waals surface area contributed by atoms with E-state index in [1.165, 1.54) is 0 Å². The summed E-state index contributed by atoms with van der Waals surface area (Å²) < 4.78 is 5.22. The van der Waals surface area contributed by atoms with E-state index in [9.17, 15) is 0 Å². The third-order valence-electron chi connectivity index (χ3n) is 2.56. The number of likely N-dealkylation sites (tertiary alicyclic amines) is 1. The third-order valence-corrected chi connectivity index (χ3v) is 2.56. The van der Waals surface area contributed by atoms with Crippen molar-refractivity contribution in [2.75, 3.05) is 27.2 Å². The van der Waals surface area contributed by atoms with Crippen LogP contribution in [0.25, 0.3) is 0 Å². The van der Waals surface area contributed by atoms with Gasteiger partial charge in [0, 0.05) is 6.54 Å². The van der Waals surface area contributed by atoms with Crippen LogP contribution in [0.15, 0.2) is 4.52 Å². The van der Waals surface area contributed by atoms with E-state index < -0.39 is 0 Å². The number of hydrogen-bond donors (Lipinski definition) is 1. The molecule has 1 N–H and O–H groups in total. The number of nitrogens with one attached hydrogen (secondary N) is 1. The molecule has 2 heterocycles. The first-order valence-corrected chi connectivity index (χ1v) is 4.95. The van der Waals surface area contributed by atoms with Gasteiger partial charge in [0.25, 0.3) is 0 Å². The van der Waals surface area contributed by atoms with Crippen molar-refractivity contribution in [3.63, 3.8) is 0 Å². The van der Waals surface area contributed by atoms with Crippen LogP contribution in [0.2, 0.25) is 0 Å². The number of likely N-dealkylation sites (N-methyl/N-ethyl adjacent to an activating group) is 1. The minimum absolute atomic E-state index is 0.429. The molecule has 14 heavy (non-hydrogen) atoms. The molecule has 1 aliphatic rings. The molecular weight excluding hydrogens is 180 g/mol. The average molecular weight is 196 g/mol. The molecule has 1 aromatic heterocycles. The van der Waals surface area contributed by atoms with E-state index in [1.54, 1.807) is 0 Å². The van der Waals surface area contributed by atoms with Gasteiger partial charge in [-0.3, -0.25) is 0 Å². The van der Waals surface area contributed by atoms with Gasteiger partial charge in [0.15, 0.2) is 5.82 Å². The van der Waals surface area contributed by atoms with Crippen molar-refractivity contribution in [1.82, 2.24) is 20.4 Å². The quantitative estimate of drug-likeness (QED) is 0.749. The Hall–Kier alpha value is -0.940. The fourth-order valence-corrected chi connectivity index (χ4v) is 1.80. The van der Waals surface area contributed by atoms with Gasteiger partial charge in [0.2, 0.25) is 5.89 Å². The molecule has 0 aliphatic carbocycles. The SMILES string of the molecule is CNCc1noc(C2CCN(C)C2)n1. The van der Waals surface area contributed by atoms with E-state index >= 15 is 0 Å². The lowest BCUT2D eigenvalue weighted by atomic mass is 10.1. The Morgan fingerprint density at radius 3 is 3.14 bits per heavy atom. The van der Waals surface area contributed by atoms with Gasteiger partial charge in [0.1, 0.15) is 0 Å². The fraction of sp³-hybridized carbons (Fsp3) is 0.778. The molecular formula is C9H16N4O. The first-order valence-electron chi connectivity index (χ1n) is 4.95. The summed E-state index contributed by atoms with van der Waals surface area (Å²) in [6.45, 7) is 2.82. The van der Waals surface area contributed by atoms with Gasteiger partial charge in [-0.2, -0.15) is 4.98 Å². The Morgan fingerprint density at radius 2 is 2.50 bits per heavy atom. The summed E-state index contributed by atoms with van der Waals surface area (Å²) in [4.78, 5) is 6.63. The van der Waals surface area contributed by atoms with E-state index in [1.807, 2.05) is 7.05 Å². The van der Waals surface area contributed by atoms with Gasteiger partial charge in [-0.15, -0.1) is 0 Å². The van der Waals surface area contributed by atoms with Crippen LogP contribution in [0.1, 0.15) is 24.1 Å². The second-order valence-electron chi connectivity index (χ2n) is 3.83. The van der Waals surface area contributed by atoms with E-state index in [-0.39, 0.29) is 0 Å². The topological polar surface area (TPSA) is 54.2 Å². The predicted molar refractivity (Wildman–Crippen MR) is 51.9 cm³/mol. The van der Waals surface area contributed by atoms with Crippen LogP contribution in [0.5, 0.6) is 0 Å². The van der Waals surface area contributed by atoms with Crippen LogP contribution in [-0.4, -0.2) is 42.2 Å². The maximum atomic E-state index is 5.22. The zero-order valence-corrected chi connectivity index (χ0v) is 8.66. The largest absolute Gasteiger partial charge is 0.339 e. The Bertz CT molecular complexity index is 299. The minimum Gasteiger partial charge on any atom is -0.339 e. The molecule has 0 bridgehead atoms. The van der Waals surface area contributed by atoms with E-state index in [0.717, 1.165) is 31.2 Å². The summed E-state index contributed by atoms with van der Waals surface area (Å²) in [6.07, 6.45) is 1.12. The van der Waals surface area contributed by atoms with E-state index in [0.29, 0.717) is 12.5 Å². The number of aromatic nitrogens is 2. The molecule has 1 aromatic rings. The van der Waals surface area contributed by atoms with Crippen LogP contribution in [0.3, 0.4) is 0 Å². The molecule has 1 unspecified atom stereocenters. The molecule has 0 amide bonds. The number of nitrogens with zero attached hydrogens (tertiary/aromatic N) is 3. The Balaban J connectivity index is 2.02. The van der Waals surface area contributed by atoms with Gasteiger partial charge < -0.3 is 14.7 Å². The summed E-state index contributed by atoms with van der Waals surface area (Å²) in [5.74, 6) is 1.97. The molecule has 1 atom stereocenters. The zero-order valence-electron chi connectivity index (χ0n) is 8.66. The molecule has 78 valence electrons. The second kappa shape index (κ2) is 4.06. The molecule has 1 fully saturated rings. The maximum absolute atomic E-state index is 5.22. The summed E-state index contributed by atoms with van der Waals surface area (Å²) in [6, 6.07) is 0. The lowest BCUT2D eigenvalue weighted by Gasteiger charge is -2.04. The Kier molecular flexibility index (Phi) is 2.79. The summed E-state index contributed by atoms with van der Waals surface area (Å²) >= 11 is 0. The molecule has 0 aromatic carbocycles. The lowest BCUT2D eigenvalue weighted by molar-refractivity contribution is 0.341. The molecule has 5 nitrogen and oxygen atoms in total. The van der Waals surface area contributed by atoms with Crippen LogP contribution in [-0.2, 0) is 6.54 Å². The first-order chi connectivity index (χ1) is 6.79. The first kappa shape index (κ1) is 9.61. The summed E-state index contributed by atoms with van der Waals surface area (Å²) in [5, 5.41) is 6.91. The number of rotatable bonds is 3. The number of hydrogen-bond acceptors (Lipinski definition) is 5. The van der Waals surface area contributed by atoms with Gasteiger partial charge >= 0.3 is 0 Å². The average Bonchev–Trinajstić information content (AvgIpc) is 2.74. The summed E-state index contributed by atoms with van der Waals surface area (Å²) in [7, 11) is 3.99. The normalized spacial score (nSPS) is 23.1. The van der Waals surface area contributed by atoms with Crippen molar-refractivity contribution in [3.05, 3.63) is 11.7 Å². The molecule has 0 spiro atoms. The van der Waals surface area contributed by atoms with Crippen molar-refractivity contribution in [1.29, 1.82) is 0 Å². The van der Waals surface area contributed by atoms with Crippen molar-refractivity contribution >= 4 is 0 Å². The van der Waals surface area contributed by atoms with Crippen molar-refractivity contribution in [2.24, 2.45) is 0 Å². The highest BCUT2D eigenvalue weighted by Gasteiger charge is 2.25. The van der Waals surface area contributed by atoms with Gasteiger partial charge in [-0.05, 0) is 27.1 Å². The van der Waals surface area contributed by atoms with Crippen molar-refractivity contribution in [3.8, 4) is 0 Å². The summed E-state index contributed by atoms with van der Waals surface area (Å²) in [5.41, 5.74) is 0. The minimum atomic E-state index is 0.429. The van der Waals surface area contributed by atoms with Gasteiger partial charge in [-0.1, -0.05) is 5.16 Å². The van der Waals surface area contributed by atoms with E-state index in [4.69, 9.17) is 4.52 Å². The Labute approximate surface area is 83.5 Å². The highest BCUT2D eigenvalue weighted by atomic mass is 16.5. The second-order valence-corrected chi connectivity index (χ2v) is 3.83. The monoisotopic (exact) mass is 196 g/mol. The fourth-order valence-electron chi connectivity index (χ4n) is 1.80. The lowest BCUT2D eigenvalue weighted by Crippen LogP contribution is -2.13. The molecule has 5 heteroatoms. The molecule has 0 saturated carbocycles. The van der Waals surface area contributed by atoms with Crippen molar-refractivity contribution < 1.29 is 4.52 Å². The highest BCUT2D eigenvalue weighted by molar-refractivity contribution is 4.98. The standard InChI is InChI=1S/C9H16N4O/c1-10-5-8-11-9(14-12-8)7-3-4-13(2)6-7/h7,10H,3-6H2,1-2H3. The smallest absolute Gasteiger partial charge is 0.231 e. The Morgan fingerprint density at radius 1 is 1.64 bits per heavy atom. The van der Waals surface area contributed by atoms with Crippen LogP contribution < -0.4 is 5.32 Å². The third kappa shape index (κ3) is 1.93. The molecule has 1 saturated heterocycles. The predicted octanol–water partition coefficient (Wildman–Crippen LogP) is 0.208. The van der Waals surface area contributed by atoms with E-state index in [2.05, 4.69) is 27.4 Å². The van der Waals surface area contributed by atoms with Crippen molar-refractivity contribution in [2.45, 2.75) is 18.9 Å². The molecule has 2 rings (SSSR count). The molecule has 0 radical (unpaired) electrons. The van der Waals surface area contributed by atoms with Gasteiger partial charge in [0.05, 0.1) is 12.5 Å². The molecule has 1 aliphatic heterocycles. The van der Waals surface area contributed by atoms with Crippen LogP contribution in [0.4, 0.5) is 0 Å². The van der Waals surface area contributed by atoms with Crippen LogP contribution >= 0.6 is 0 Å². The zero-order chi connectivity index (χ0) is 9.97. The van der Waals surface area contributed by atoms with Gasteiger partial charge in [-0.25, -0.2) is 0 Å². The highest BCUT2D eigenvalue weighted by Crippen LogP contribution is 2.24. The maximum Gasteiger partial charge on any atom is 0.231 e. The van der Waals surface area contributed by atoms with Crippen LogP contribution in [0, 0.1) is 0 Å².